The lowest BCUT2D eigenvalue weighted by Gasteiger charge is -2.36. The lowest BCUT2D eigenvalue weighted by molar-refractivity contribution is -0.167. The van der Waals surface area contributed by atoms with Crippen molar-refractivity contribution in [3.05, 3.63) is 29.8 Å². The first-order valence-electron chi connectivity index (χ1n) is 6.29. The fourth-order valence-corrected chi connectivity index (χ4v) is 3.00. The standard InChI is InChI=1S/C14H16N2O3/c1-16-8-7-10-12(16)15-11-6-4-3-5-9(11)14(10,18)13(17)19-2/h3-6,10,18H,7-8H2,1-2H3/t10-,14+/m1/s1. The largest absolute Gasteiger partial charge is 0.467 e. The lowest BCUT2D eigenvalue weighted by Crippen LogP contribution is -2.48. The van der Waals surface area contributed by atoms with Crippen molar-refractivity contribution in [2.24, 2.45) is 10.9 Å². The van der Waals surface area contributed by atoms with Crippen LogP contribution in [-0.2, 0) is 15.1 Å². The molecule has 0 unspecified atom stereocenters. The second-order valence-electron chi connectivity index (χ2n) is 5.01. The summed E-state index contributed by atoms with van der Waals surface area (Å²) in [6.07, 6.45) is 0.690. The molecule has 2 heterocycles. The fourth-order valence-electron chi connectivity index (χ4n) is 3.00. The molecule has 0 aromatic heterocycles. The van der Waals surface area contributed by atoms with Gasteiger partial charge in [-0.15, -0.1) is 0 Å². The lowest BCUT2D eigenvalue weighted by atomic mass is 9.77. The number of nitrogens with zero attached hydrogens (tertiary/aromatic N) is 2. The van der Waals surface area contributed by atoms with Gasteiger partial charge in [0.1, 0.15) is 5.84 Å². The minimum absolute atomic E-state index is 0.333. The predicted molar refractivity (Wildman–Crippen MR) is 70.2 cm³/mol. The maximum absolute atomic E-state index is 12.2. The van der Waals surface area contributed by atoms with Gasteiger partial charge < -0.3 is 14.7 Å². The quantitative estimate of drug-likeness (QED) is 0.766. The van der Waals surface area contributed by atoms with Crippen LogP contribution in [0.2, 0.25) is 0 Å². The van der Waals surface area contributed by atoms with Crippen molar-refractivity contribution < 1.29 is 14.6 Å². The molecule has 100 valence electrons. The van der Waals surface area contributed by atoms with E-state index in [9.17, 15) is 9.90 Å². The Balaban J connectivity index is 2.23. The zero-order valence-corrected chi connectivity index (χ0v) is 11.0. The minimum Gasteiger partial charge on any atom is -0.467 e. The van der Waals surface area contributed by atoms with E-state index in [1.165, 1.54) is 7.11 Å². The van der Waals surface area contributed by atoms with Crippen LogP contribution in [0, 0.1) is 5.92 Å². The second kappa shape index (κ2) is 4.06. The Labute approximate surface area is 111 Å². The number of rotatable bonds is 1. The SMILES string of the molecule is COC(=O)[C@]1(O)c2ccccc2N=C2[C@H]1CCN2C. The van der Waals surface area contributed by atoms with Gasteiger partial charge in [-0.05, 0) is 12.5 Å². The average molecular weight is 260 g/mol. The normalized spacial score (nSPS) is 28.5. The Hall–Kier alpha value is -1.88. The summed E-state index contributed by atoms with van der Waals surface area (Å²) in [5, 5.41) is 11.0. The van der Waals surface area contributed by atoms with Gasteiger partial charge in [-0.1, -0.05) is 18.2 Å². The van der Waals surface area contributed by atoms with Crippen molar-refractivity contribution >= 4 is 17.5 Å². The molecule has 0 aliphatic carbocycles. The summed E-state index contributed by atoms with van der Waals surface area (Å²) in [5.41, 5.74) is -0.464. The first-order valence-corrected chi connectivity index (χ1v) is 6.29. The number of para-hydroxylation sites is 1. The van der Waals surface area contributed by atoms with Crippen LogP contribution in [0.4, 0.5) is 5.69 Å². The molecule has 0 saturated carbocycles. The van der Waals surface area contributed by atoms with E-state index in [0.29, 0.717) is 17.7 Å². The topological polar surface area (TPSA) is 62.1 Å². The zero-order valence-electron chi connectivity index (χ0n) is 11.0. The van der Waals surface area contributed by atoms with Crippen LogP contribution in [0.25, 0.3) is 0 Å². The molecular formula is C14H16N2O3. The number of fused-ring (bicyclic) bond motifs is 2. The number of methoxy groups -OCH3 is 1. The summed E-state index contributed by atoms with van der Waals surface area (Å²) in [5.74, 6) is -0.195. The summed E-state index contributed by atoms with van der Waals surface area (Å²) in [4.78, 5) is 18.7. The van der Waals surface area contributed by atoms with E-state index < -0.39 is 11.6 Å². The molecule has 0 bridgehead atoms. The molecule has 1 fully saturated rings. The second-order valence-corrected chi connectivity index (χ2v) is 5.01. The monoisotopic (exact) mass is 260 g/mol. The highest BCUT2D eigenvalue weighted by Gasteiger charge is 2.54. The number of esters is 1. The molecule has 1 saturated heterocycles. The van der Waals surface area contributed by atoms with Gasteiger partial charge in [0.15, 0.2) is 5.60 Å². The number of hydrogen-bond acceptors (Lipinski definition) is 5. The van der Waals surface area contributed by atoms with Gasteiger partial charge in [0.05, 0.1) is 18.7 Å². The van der Waals surface area contributed by atoms with Crippen LogP contribution in [-0.4, -0.2) is 42.5 Å². The molecule has 5 nitrogen and oxygen atoms in total. The molecule has 3 rings (SSSR count). The van der Waals surface area contributed by atoms with Gasteiger partial charge in [0.25, 0.3) is 0 Å². The van der Waals surface area contributed by atoms with Gasteiger partial charge >= 0.3 is 5.97 Å². The summed E-state index contributed by atoms with van der Waals surface area (Å²) < 4.78 is 4.83. The number of ether oxygens (including phenoxy) is 1. The van der Waals surface area contributed by atoms with Crippen molar-refractivity contribution in [3.8, 4) is 0 Å². The highest BCUT2D eigenvalue weighted by Crippen LogP contribution is 2.46. The van der Waals surface area contributed by atoms with Gasteiger partial charge in [-0.3, -0.25) is 0 Å². The van der Waals surface area contributed by atoms with E-state index in [4.69, 9.17) is 4.74 Å². The predicted octanol–water partition coefficient (Wildman–Crippen LogP) is 1.04. The molecule has 5 heteroatoms. The molecular weight excluding hydrogens is 244 g/mol. The summed E-state index contributed by atoms with van der Waals surface area (Å²) in [6, 6.07) is 7.19. The molecule has 0 radical (unpaired) electrons. The third kappa shape index (κ3) is 1.51. The number of hydrogen-bond donors (Lipinski definition) is 1. The number of benzene rings is 1. The summed E-state index contributed by atoms with van der Waals surface area (Å²) in [7, 11) is 3.22. The molecule has 2 aliphatic heterocycles. The number of amidine groups is 1. The first kappa shape index (κ1) is 12.2. The van der Waals surface area contributed by atoms with Crippen molar-refractivity contribution in [2.45, 2.75) is 12.0 Å². The van der Waals surface area contributed by atoms with Crippen molar-refractivity contribution in [1.29, 1.82) is 0 Å². The minimum atomic E-state index is -1.63. The van der Waals surface area contributed by atoms with Gasteiger partial charge in [-0.2, -0.15) is 0 Å². The number of carbonyl (C=O) groups is 1. The van der Waals surface area contributed by atoms with E-state index in [2.05, 4.69) is 4.99 Å². The van der Waals surface area contributed by atoms with Crippen LogP contribution in [0.15, 0.2) is 29.3 Å². The average Bonchev–Trinajstić information content (AvgIpc) is 2.80. The molecule has 19 heavy (non-hydrogen) atoms. The van der Waals surface area contributed by atoms with Crippen LogP contribution in [0.3, 0.4) is 0 Å². The molecule has 0 spiro atoms. The number of aliphatic hydroxyl groups is 1. The Kier molecular flexibility index (Phi) is 2.60. The molecule has 2 aliphatic rings. The van der Waals surface area contributed by atoms with Crippen molar-refractivity contribution in [3.63, 3.8) is 0 Å². The number of aliphatic imine (C=N–C) groups is 1. The van der Waals surface area contributed by atoms with E-state index in [1.807, 2.05) is 18.0 Å². The number of carbonyl (C=O) groups excluding carboxylic acids is 1. The van der Waals surface area contributed by atoms with E-state index >= 15 is 0 Å². The van der Waals surface area contributed by atoms with Crippen molar-refractivity contribution in [1.82, 2.24) is 4.90 Å². The maximum atomic E-state index is 12.2. The van der Waals surface area contributed by atoms with Crippen LogP contribution < -0.4 is 0 Å². The van der Waals surface area contributed by atoms with E-state index in [-0.39, 0.29) is 5.92 Å². The number of likely N-dealkylation sites (tertiary alicyclic amines) is 1. The smallest absolute Gasteiger partial charge is 0.343 e. The van der Waals surface area contributed by atoms with Crippen LogP contribution >= 0.6 is 0 Å². The fraction of sp³-hybridized carbons (Fsp3) is 0.429. The Morgan fingerprint density at radius 1 is 1.53 bits per heavy atom. The van der Waals surface area contributed by atoms with Crippen LogP contribution in [0.1, 0.15) is 12.0 Å². The first-order chi connectivity index (χ1) is 9.09. The summed E-state index contributed by atoms with van der Waals surface area (Å²) >= 11 is 0. The van der Waals surface area contributed by atoms with Gasteiger partial charge in [-0.25, -0.2) is 9.79 Å². The zero-order chi connectivity index (χ0) is 13.6. The third-order valence-electron chi connectivity index (χ3n) is 4.01. The Bertz CT molecular complexity index is 570. The highest BCUT2D eigenvalue weighted by atomic mass is 16.5. The summed E-state index contributed by atoms with van der Waals surface area (Å²) in [6.45, 7) is 0.775. The maximum Gasteiger partial charge on any atom is 0.343 e. The molecule has 2 atom stereocenters. The van der Waals surface area contributed by atoms with Crippen molar-refractivity contribution in [2.75, 3.05) is 20.7 Å². The molecule has 1 N–H and O–H groups in total. The Morgan fingerprint density at radius 3 is 3.00 bits per heavy atom. The molecule has 1 aromatic rings. The van der Waals surface area contributed by atoms with Gasteiger partial charge in [0, 0.05) is 19.2 Å². The highest BCUT2D eigenvalue weighted by molar-refractivity contribution is 5.99. The third-order valence-corrected chi connectivity index (χ3v) is 4.01. The van der Waals surface area contributed by atoms with E-state index in [0.717, 1.165) is 12.4 Å². The van der Waals surface area contributed by atoms with Gasteiger partial charge in [0.2, 0.25) is 0 Å². The Morgan fingerprint density at radius 2 is 2.26 bits per heavy atom. The van der Waals surface area contributed by atoms with E-state index in [1.54, 1.807) is 18.2 Å². The molecule has 1 aromatic carbocycles. The molecule has 0 amide bonds. The van der Waals surface area contributed by atoms with Crippen LogP contribution in [0.5, 0.6) is 0 Å².